The second-order valence-electron chi connectivity index (χ2n) is 6.28. The predicted octanol–water partition coefficient (Wildman–Crippen LogP) is 2.61. The maximum Gasteiger partial charge on any atom is 0.238 e. The molecule has 0 unspecified atom stereocenters. The van der Waals surface area contributed by atoms with E-state index in [-0.39, 0.29) is 29.8 Å². The standard InChI is InChI=1S/C16H25N3O2/c1-11(16(3,4)5)17-10-15(21)19-14-8-6-7-13(9-14)18-12(2)20/h6-9,11,17H,10H2,1-5H3,(H,18,20)(H,19,21)/t11-/m1/s1. The van der Waals surface area contributed by atoms with E-state index in [1.165, 1.54) is 6.92 Å². The van der Waals surface area contributed by atoms with E-state index in [0.29, 0.717) is 11.4 Å². The molecule has 3 N–H and O–H groups in total. The Morgan fingerprint density at radius 3 is 2.24 bits per heavy atom. The summed E-state index contributed by atoms with van der Waals surface area (Å²) in [7, 11) is 0. The third-order valence-electron chi connectivity index (χ3n) is 3.33. The third-order valence-corrected chi connectivity index (χ3v) is 3.33. The summed E-state index contributed by atoms with van der Waals surface area (Å²) in [5, 5.41) is 8.70. The minimum absolute atomic E-state index is 0.103. The van der Waals surface area contributed by atoms with E-state index in [0.717, 1.165) is 0 Å². The van der Waals surface area contributed by atoms with Crippen molar-refractivity contribution in [3.8, 4) is 0 Å². The fourth-order valence-corrected chi connectivity index (χ4v) is 1.64. The maximum absolute atomic E-state index is 11.9. The molecule has 1 aromatic carbocycles. The van der Waals surface area contributed by atoms with Gasteiger partial charge in [0.25, 0.3) is 0 Å². The second-order valence-corrected chi connectivity index (χ2v) is 6.28. The number of benzene rings is 1. The van der Waals surface area contributed by atoms with Gasteiger partial charge < -0.3 is 16.0 Å². The molecule has 0 fully saturated rings. The van der Waals surface area contributed by atoms with Gasteiger partial charge in [-0.3, -0.25) is 9.59 Å². The van der Waals surface area contributed by atoms with Crippen molar-refractivity contribution in [3.05, 3.63) is 24.3 Å². The zero-order valence-electron chi connectivity index (χ0n) is 13.4. The third kappa shape index (κ3) is 6.40. The molecule has 2 amide bonds. The van der Waals surface area contributed by atoms with E-state index in [9.17, 15) is 9.59 Å². The summed E-state index contributed by atoms with van der Waals surface area (Å²) in [5.41, 5.74) is 1.43. The van der Waals surface area contributed by atoms with Crippen molar-refractivity contribution in [1.29, 1.82) is 0 Å². The van der Waals surface area contributed by atoms with Crippen LogP contribution in [0.5, 0.6) is 0 Å². The minimum atomic E-state index is -0.140. The van der Waals surface area contributed by atoms with Crippen LogP contribution in [0.25, 0.3) is 0 Å². The Labute approximate surface area is 126 Å². The minimum Gasteiger partial charge on any atom is -0.326 e. The first kappa shape index (κ1) is 17.2. The first-order valence-electron chi connectivity index (χ1n) is 7.09. The smallest absolute Gasteiger partial charge is 0.238 e. The molecule has 0 aliphatic heterocycles. The topological polar surface area (TPSA) is 70.2 Å². The second kappa shape index (κ2) is 7.22. The van der Waals surface area contributed by atoms with Gasteiger partial charge in [-0.25, -0.2) is 0 Å². The molecule has 0 saturated carbocycles. The molecule has 0 saturated heterocycles. The van der Waals surface area contributed by atoms with Crippen molar-refractivity contribution in [2.75, 3.05) is 17.2 Å². The number of rotatable bonds is 5. The summed E-state index contributed by atoms with van der Waals surface area (Å²) >= 11 is 0. The normalized spacial score (nSPS) is 12.6. The molecule has 0 heterocycles. The fourth-order valence-electron chi connectivity index (χ4n) is 1.64. The zero-order valence-corrected chi connectivity index (χ0v) is 13.4. The van der Waals surface area contributed by atoms with Crippen LogP contribution in [-0.4, -0.2) is 24.4 Å². The quantitative estimate of drug-likeness (QED) is 0.781. The van der Waals surface area contributed by atoms with E-state index in [1.54, 1.807) is 24.3 Å². The summed E-state index contributed by atoms with van der Waals surface area (Å²) in [4.78, 5) is 22.9. The van der Waals surface area contributed by atoms with Crippen LogP contribution in [0.4, 0.5) is 11.4 Å². The molecule has 0 aliphatic rings. The molecule has 0 bridgehead atoms. The highest BCUT2D eigenvalue weighted by Gasteiger charge is 2.19. The Balaban J connectivity index is 2.53. The molecule has 21 heavy (non-hydrogen) atoms. The van der Waals surface area contributed by atoms with Gasteiger partial charge in [-0.1, -0.05) is 26.8 Å². The summed E-state index contributed by atoms with van der Waals surface area (Å²) in [6.45, 7) is 10.1. The SMILES string of the molecule is CC(=O)Nc1cccc(NC(=O)CN[C@H](C)C(C)(C)C)c1. The number of hydrogen-bond acceptors (Lipinski definition) is 3. The molecule has 116 valence electrons. The van der Waals surface area contributed by atoms with Gasteiger partial charge in [-0.2, -0.15) is 0 Å². The van der Waals surface area contributed by atoms with Crippen molar-refractivity contribution < 1.29 is 9.59 Å². The van der Waals surface area contributed by atoms with E-state index in [2.05, 4.69) is 43.6 Å². The van der Waals surface area contributed by atoms with E-state index in [1.807, 2.05) is 0 Å². The van der Waals surface area contributed by atoms with Crippen molar-refractivity contribution >= 4 is 23.2 Å². The fraction of sp³-hybridized carbons (Fsp3) is 0.500. The molecule has 1 aromatic rings. The van der Waals surface area contributed by atoms with E-state index < -0.39 is 0 Å². The monoisotopic (exact) mass is 291 g/mol. The van der Waals surface area contributed by atoms with Crippen molar-refractivity contribution in [1.82, 2.24) is 5.32 Å². The molecular weight excluding hydrogens is 266 g/mol. The van der Waals surface area contributed by atoms with Crippen LogP contribution in [0.1, 0.15) is 34.6 Å². The van der Waals surface area contributed by atoms with Crippen LogP contribution in [0.15, 0.2) is 24.3 Å². The Morgan fingerprint density at radius 2 is 1.71 bits per heavy atom. The van der Waals surface area contributed by atoms with Gasteiger partial charge in [0.1, 0.15) is 0 Å². The van der Waals surface area contributed by atoms with Crippen LogP contribution in [-0.2, 0) is 9.59 Å². The number of carbonyl (C=O) groups excluding carboxylic acids is 2. The van der Waals surface area contributed by atoms with Crippen LogP contribution in [0, 0.1) is 5.41 Å². The summed E-state index contributed by atoms with van der Waals surface area (Å²) in [5.74, 6) is -0.245. The van der Waals surface area contributed by atoms with Crippen LogP contribution < -0.4 is 16.0 Å². The number of carbonyl (C=O) groups is 2. The van der Waals surface area contributed by atoms with Crippen LogP contribution >= 0.6 is 0 Å². The number of hydrogen-bond donors (Lipinski definition) is 3. The summed E-state index contributed by atoms with van der Waals surface area (Å²) in [6, 6.07) is 7.31. The zero-order chi connectivity index (χ0) is 16.0. The average molecular weight is 291 g/mol. The Hall–Kier alpha value is -1.88. The largest absolute Gasteiger partial charge is 0.326 e. The first-order chi connectivity index (χ1) is 9.68. The van der Waals surface area contributed by atoms with Crippen molar-refractivity contribution in [2.24, 2.45) is 5.41 Å². The molecular formula is C16H25N3O2. The van der Waals surface area contributed by atoms with Gasteiger partial charge in [0.15, 0.2) is 0 Å². The Bertz CT molecular complexity index is 506. The molecule has 5 heteroatoms. The van der Waals surface area contributed by atoms with Crippen LogP contribution in [0.3, 0.4) is 0 Å². The highest BCUT2D eigenvalue weighted by molar-refractivity contribution is 5.94. The number of nitrogens with one attached hydrogen (secondary N) is 3. The van der Waals surface area contributed by atoms with E-state index >= 15 is 0 Å². The molecule has 0 aromatic heterocycles. The van der Waals surface area contributed by atoms with Gasteiger partial charge in [-0.05, 0) is 30.5 Å². The predicted molar refractivity (Wildman–Crippen MR) is 86.3 cm³/mol. The summed E-state index contributed by atoms with van der Waals surface area (Å²) < 4.78 is 0. The highest BCUT2D eigenvalue weighted by atomic mass is 16.2. The average Bonchev–Trinajstić information content (AvgIpc) is 2.34. The lowest BCUT2D eigenvalue weighted by atomic mass is 9.88. The lowest BCUT2D eigenvalue weighted by Crippen LogP contribution is -2.41. The van der Waals surface area contributed by atoms with Gasteiger partial charge in [-0.15, -0.1) is 0 Å². The summed E-state index contributed by atoms with van der Waals surface area (Å²) in [6.07, 6.45) is 0. The molecule has 1 atom stereocenters. The lowest BCUT2D eigenvalue weighted by molar-refractivity contribution is -0.116. The molecule has 0 aliphatic carbocycles. The molecule has 0 radical (unpaired) electrons. The lowest BCUT2D eigenvalue weighted by Gasteiger charge is -2.28. The Morgan fingerprint density at radius 1 is 1.14 bits per heavy atom. The molecule has 5 nitrogen and oxygen atoms in total. The van der Waals surface area contributed by atoms with Gasteiger partial charge in [0.05, 0.1) is 6.54 Å². The van der Waals surface area contributed by atoms with E-state index in [4.69, 9.17) is 0 Å². The van der Waals surface area contributed by atoms with Gasteiger partial charge in [0.2, 0.25) is 11.8 Å². The van der Waals surface area contributed by atoms with Gasteiger partial charge in [0, 0.05) is 24.3 Å². The maximum atomic E-state index is 11.9. The first-order valence-corrected chi connectivity index (χ1v) is 7.09. The molecule has 0 spiro atoms. The Kier molecular flexibility index (Phi) is 5.90. The van der Waals surface area contributed by atoms with Crippen molar-refractivity contribution in [2.45, 2.75) is 40.7 Å². The number of amides is 2. The highest BCUT2D eigenvalue weighted by Crippen LogP contribution is 2.18. The van der Waals surface area contributed by atoms with Crippen molar-refractivity contribution in [3.63, 3.8) is 0 Å². The van der Waals surface area contributed by atoms with Gasteiger partial charge >= 0.3 is 0 Å². The number of anilines is 2. The molecule has 1 rings (SSSR count). The van der Waals surface area contributed by atoms with Crippen LogP contribution in [0.2, 0.25) is 0 Å².